The number of nitrogens with one attached hydrogen (secondary N) is 1. The highest BCUT2D eigenvalue weighted by molar-refractivity contribution is 7.97. The van der Waals surface area contributed by atoms with Crippen LogP contribution in [0.1, 0.15) is 28.5 Å². The molecule has 0 bridgehead atoms. The van der Waals surface area contributed by atoms with Crippen LogP contribution in [0.5, 0.6) is 5.75 Å². The Morgan fingerprint density at radius 2 is 2.15 bits per heavy atom. The van der Waals surface area contributed by atoms with Crippen LogP contribution in [0.15, 0.2) is 47.4 Å². The maximum atomic E-state index is 12.9. The Hall–Kier alpha value is -2.15. The lowest BCUT2D eigenvalue weighted by Crippen LogP contribution is -2.33. The van der Waals surface area contributed by atoms with Gasteiger partial charge in [-0.3, -0.25) is 9.93 Å². The number of carbonyl (C=O) groups is 1. The molecule has 2 heterocycles. The monoisotopic (exact) mass is 387 g/mol. The average molecular weight is 388 g/mol. The van der Waals surface area contributed by atoms with E-state index in [4.69, 9.17) is 21.5 Å². The number of nitrogens with zero attached hydrogens (tertiary/aromatic N) is 1. The topological polar surface area (TPSA) is 69.3 Å². The fraction of sp³-hybridized carbons (Fsp3) is 0.211. The van der Waals surface area contributed by atoms with Gasteiger partial charge in [0.05, 0.1) is 12.6 Å². The molecule has 4 rings (SSSR count). The van der Waals surface area contributed by atoms with Crippen LogP contribution >= 0.6 is 23.5 Å². The molecule has 0 spiro atoms. The molecule has 1 unspecified atom stereocenters. The summed E-state index contributed by atoms with van der Waals surface area (Å²) in [6.45, 7) is 0.557. The van der Waals surface area contributed by atoms with Crippen molar-refractivity contribution in [3.05, 3.63) is 58.7 Å². The fourth-order valence-corrected chi connectivity index (χ4v) is 3.83. The predicted molar refractivity (Wildman–Crippen MR) is 105 cm³/mol. The maximum absolute atomic E-state index is 12.9. The molecule has 3 aromatic rings. The molecular formula is C19H18ClN3O2S. The second-order valence-electron chi connectivity index (χ2n) is 6.27. The van der Waals surface area contributed by atoms with E-state index >= 15 is 0 Å². The van der Waals surface area contributed by atoms with Crippen LogP contribution in [0.4, 0.5) is 0 Å². The minimum absolute atomic E-state index is 0.0929. The van der Waals surface area contributed by atoms with Crippen LogP contribution in [0.25, 0.3) is 10.9 Å². The van der Waals surface area contributed by atoms with Crippen molar-refractivity contribution in [2.45, 2.75) is 17.4 Å². The fourth-order valence-electron chi connectivity index (χ4n) is 3.35. The van der Waals surface area contributed by atoms with E-state index in [1.54, 1.807) is 0 Å². The lowest BCUT2D eigenvalue weighted by Gasteiger charge is -2.27. The lowest BCUT2D eigenvalue weighted by molar-refractivity contribution is 0.0917. The number of aryl methyl sites for hydroxylation is 1. The van der Waals surface area contributed by atoms with Crippen LogP contribution in [-0.4, -0.2) is 17.1 Å². The van der Waals surface area contributed by atoms with E-state index in [2.05, 4.69) is 5.32 Å². The molecule has 1 aliphatic heterocycles. The zero-order chi connectivity index (χ0) is 18.3. The van der Waals surface area contributed by atoms with Gasteiger partial charge in [-0.25, -0.2) is 0 Å². The van der Waals surface area contributed by atoms with E-state index in [-0.39, 0.29) is 11.9 Å². The zero-order valence-electron chi connectivity index (χ0n) is 14.2. The van der Waals surface area contributed by atoms with E-state index in [1.807, 2.05) is 54.1 Å². The maximum Gasteiger partial charge on any atom is 0.268 e. The number of fused-ring (bicyclic) bond motifs is 2. The van der Waals surface area contributed by atoms with Crippen molar-refractivity contribution in [1.29, 1.82) is 0 Å². The first kappa shape index (κ1) is 17.3. The van der Waals surface area contributed by atoms with Gasteiger partial charge in [0, 0.05) is 39.9 Å². The third kappa shape index (κ3) is 3.05. The van der Waals surface area contributed by atoms with Crippen molar-refractivity contribution < 1.29 is 9.53 Å². The molecule has 0 aliphatic carbocycles. The van der Waals surface area contributed by atoms with E-state index < -0.39 is 0 Å². The molecule has 3 N–H and O–H groups in total. The predicted octanol–water partition coefficient (Wildman–Crippen LogP) is 4.05. The Bertz CT molecular complexity index is 1000. The number of hydrogen-bond donors (Lipinski definition) is 2. The second-order valence-corrected chi connectivity index (χ2v) is 7.42. The molecule has 1 aliphatic rings. The molecule has 2 aromatic carbocycles. The Balaban J connectivity index is 1.63. The Kier molecular flexibility index (Phi) is 4.56. The smallest absolute Gasteiger partial charge is 0.268 e. The van der Waals surface area contributed by atoms with Crippen LogP contribution in [0.2, 0.25) is 5.02 Å². The second kappa shape index (κ2) is 6.87. The summed E-state index contributed by atoms with van der Waals surface area (Å²) in [6, 6.07) is 13.2. The molecule has 26 heavy (non-hydrogen) atoms. The first-order valence-corrected chi connectivity index (χ1v) is 9.52. The first-order chi connectivity index (χ1) is 12.6. The summed E-state index contributed by atoms with van der Waals surface area (Å²) >= 11 is 7.26. The molecule has 134 valence electrons. The summed E-state index contributed by atoms with van der Waals surface area (Å²) in [7, 11) is 1.87. The van der Waals surface area contributed by atoms with Crippen molar-refractivity contribution >= 4 is 40.4 Å². The molecule has 1 amide bonds. The largest absolute Gasteiger partial charge is 0.493 e. The number of benzene rings is 2. The quantitative estimate of drug-likeness (QED) is 0.665. The number of aromatic nitrogens is 1. The number of amides is 1. The van der Waals surface area contributed by atoms with Crippen LogP contribution in [0, 0.1) is 0 Å². The first-order valence-electron chi connectivity index (χ1n) is 8.26. The summed E-state index contributed by atoms with van der Waals surface area (Å²) in [5.74, 6) is 0.663. The van der Waals surface area contributed by atoms with Crippen LogP contribution < -0.4 is 15.2 Å². The van der Waals surface area contributed by atoms with Gasteiger partial charge in [-0.15, -0.1) is 0 Å². The van der Waals surface area contributed by atoms with Crippen molar-refractivity contribution in [2.24, 2.45) is 12.2 Å². The summed E-state index contributed by atoms with van der Waals surface area (Å²) in [4.78, 5) is 13.8. The lowest BCUT2D eigenvalue weighted by atomic mass is 10.0. The minimum Gasteiger partial charge on any atom is -0.493 e. The highest BCUT2D eigenvalue weighted by Crippen LogP contribution is 2.34. The van der Waals surface area contributed by atoms with Crippen molar-refractivity contribution in [3.63, 3.8) is 0 Å². The number of rotatable bonds is 3. The van der Waals surface area contributed by atoms with Gasteiger partial charge < -0.3 is 14.6 Å². The standard InChI is InChI=1S/C19H18ClN3O2S/c1-23-16-9-12(20)3-2-11(16)8-17(23)19(24)22-15-6-7-25-18-10-13(26-21)4-5-14(15)18/h2-5,8-10,15H,6-7,21H2,1H3,(H,22,24). The van der Waals surface area contributed by atoms with Crippen LogP contribution in [-0.2, 0) is 7.05 Å². The van der Waals surface area contributed by atoms with Gasteiger partial charge in [0.15, 0.2) is 0 Å². The molecule has 0 saturated heterocycles. The van der Waals surface area contributed by atoms with Gasteiger partial charge in [0.1, 0.15) is 11.4 Å². The van der Waals surface area contributed by atoms with Gasteiger partial charge in [-0.2, -0.15) is 0 Å². The Labute approximate surface area is 160 Å². The van der Waals surface area contributed by atoms with Gasteiger partial charge in [0.2, 0.25) is 0 Å². The van der Waals surface area contributed by atoms with Crippen molar-refractivity contribution in [1.82, 2.24) is 9.88 Å². The molecule has 5 nitrogen and oxygen atoms in total. The summed E-state index contributed by atoms with van der Waals surface area (Å²) < 4.78 is 7.59. The number of carbonyl (C=O) groups excluding carboxylic acids is 1. The Morgan fingerprint density at radius 3 is 2.96 bits per heavy atom. The third-order valence-electron chi connectivity index (χ3n) is 4.71. The molecule has 0 saturated carbocycles. The van der Waals surface area contributed by atoms with Gasteiger partial charge >= 0.3 is 0 Å². The van der Waals surface area contributed by atoms with E-state index in [0.29, 0.717) is 17.3 Å². The zero-order valence-corrected chi connectivity index (χ0v) is 15.7. The van der Waals surface area contributed by atoms with Crippen molar-refractivity contribution in [3.8, 4) is 5.75 Å². The molecule has 1 aromatic heterocycles. The van der Waals surface area contributed by atoms with E-state index in [1.165, 1.54) is 11.9 Å². The molecular weight excluding hydrogens is 370 g/mol. The summed E-state index contributed by atoms with van der Waals surface area (Å²) in [6.07, 6.45) is 0.726. The third-order valence-corrected chi connectivity index (χ3v) is 5.47. The van der Waals surface area contributed by atoms with Gasteiger partial charge in [-0.05, 0) is 42.3 Å². The van der Waals surface area contributed by atoms with Crippen LogP contribution in [0.3, 0.4) is 0 Å². The minimum atomic E-state index is -0.116. The normalized spacial score (nSPS) is 16.2. The number of nitrogens with two attached hydrogens (primary N) is 1. The summed E-state index contributed by atoms with van der Waals surface area (Å²) in [5, 5.41) is 10.4. The SMILES string of the molecule is Cn1c(C(=O)NC2CCOc3cc(SN)ccc32)cc2ccc(Cl)cc21. The molecule has 0 radical (unpaired) electrons. The number of ether oxygens (including phenoxy) is 1. The number of hydrogen-bond acceptors (Lipinski definition) is 4. The van der Waals surface area contributed by atoms with Gasteiger partial charge in [-0.1, -0.05) is 23.7 Å². The highest BCUT2D eigenvalue weighted by Gasteiger charge is 2.25. The van der Waals surface area contributed by atoms with E-state index in [9.17, 15) is 4.79 Å². The van der Waals surface area contributed by atoms with Crippen molar-refractivity contribution in [2.75, 3.05) is 6.61 Å². The summed E-state index contributed by atoms with van der Waals surface area (Å²) in [5.41, 5.74) is 2.51. The molecule has 7 heteroatoms. The molecule has 1 atom stereocenters. The average Bonchev–Trinajstić information content (AvgIpc) is 2.98. The Morgan fingerprint density at radius 1 is 1.31 bits per heavy atom. The highest BCUT2D eigenvalue weighted by atomic mass is 35.5. The van der Waals surface area contributed by atoms with E-state index in [0.717, 1.165) is 33.5 Å². The van der Waals surface area contributed by atoms with Gasteiger partial charge in [0.25, 0.3) is 5.91 Å². The number of halogens is 1. The molecule has 0 fully saturated rings.